The van der Waals surface area contributed by atoms with Gasteiger partial charge in [-0.3, -0.25) is 0 Å². The summed E-state index contributed by atoms with van der Waals surface area (Å²) >= 11 is 1.39. The number of aromatic nitrogens is 2. The summed E-state index contributed by atoms with van der Waals surface area (Å²) in [6.07, 6.45) is 1.63. The van der Waals surface area contributed by atoms with E-state index in [2.05, 4.69) is 10.1 Å². The summed E-state index contributed by atoms with van der Waals surface area (Å²) in [5.41, 5.74) is 1.73. The monoisotopic (exact) mass is 395 g/mol. The molecule has 0 bridgehead atoms. The maximum atomic E-state index is 12.4. The highest BCUT2D eigenvalue weighted by atomic mass is 32.2. The van der Waals surface area contributed by atoms with Gasteiger partial charge < -0.3 is 14.0 Å². The Bertz CT molecular complexity index is 980. The van der Waals surface area contributed by atoms with Crippen LogP contribution in [0.2, 0.25) is 0 Å². The summed E-state index contributed by atoms with van der Waals surface area (Å²) in [4.78, 5) is 16.6. The van der Waals surface area contributed by atoms with Crippen molar-refractivity contribution in [3.8, 4) is 11.8 Å². The molecule has 0 radical (unpaired) electrons. The van der Waals surface area contributed by atoms with Crippen molar-refractivity contribution >= 4 is 17.7 Å². The Morgan fingerprint density at radius 1 is 1.25 bits per heavy atom. The molecule has 0 saturated carbocycles. The molecule has 0 aliphatic carbocycles. The Morgan fingerprint density at radius 3 is 2.79 bits per heavy atom. The summed E-state index contributed by atoms with van der Waals surface area (Å²) in [5, 5.41) is 13.3. The molecular weight excluding hydrogens is 378 g/mol. The van der Waals surface area contributed by atoms with Crippen molar-refractivity contribution in [1.29, 1.82) is 5.26 Å². The Hall–Kier alpha value is -3.31. The number of carbonyl (C=O) groups is 1. The lowest BCUT2D eigenvalue weighted by Crippen LogP contribution is -2.13. The smallest absolute Gasteiger partial charge is 0.341 e. The number of carbonyl (C=O) groups excluding carboxylic acids is 1. The second-order valence-corrected chi connectivity index (χ2v) is 6.66. The summed E-state index contributed by atoms with van der Waals surface area (Å²) in [5.74, 6) is 1.42. The summed E-state index contributed by atoms with van der Waals surface area (Å²) in [6.45, 7) is 2.13. The molecule has 142 valence electrons. The summed E-state index contributed by atoms with van der Waals surface area (Å²) in [6, 6.07) is 14.0. The van der Waals surface area contributed by atoms with E-state index in [0.29, 0.717) is 27.7 Å². The number of benzene rings is 1. The fraction of sp³-hybridized carbons (Fsp3) is 0.200. The average Bonchev–Trinajstić information content (AvgIpc) is 3.15. The van der Waals surface area contributed by atoms with Crippen LogP contribution in [0.5, 0.6) is 5.75 Å². The SMILES string of the molecule is Cc1cc(CSc2ncccc2C(=O)OCCOc2ccc(C#N)cc2)no1. The fourth-order valence-corrected chi connectivity index (χ4v) is 3.15. The molecule has 0 unspecified atom stereocenters. The van der Waals surface area contributed by atoms with Crippen molar-refractivity contribution in [2.75, 3.05) is 13.2 Å². The van der Waals surface area contributed by atoms with Crippen molar-refractivity contribution in [2.24, 2.45) is 0 Å². The molecule has 2 aromatic heterocycles. The lowest BCUT2D eigenvalue weighted by Gasteiger charge is -2.09. The van der Waals surface area contributed by atoms with E-state index in [-0.39, 0.29) is 13.2 Å². The number of nitriles is 1. The number of nitrogens with zero attached hydrogens (tertiary/aromatic N) is 3. The fourth-order valence-electron chi connectivity index (χ4n) is 2.29. The molecule has 2 heterocycles. The second kappa shape index (κ2) is 9.58. The van der Waals surface area contributed by atoms with Gasteiger partial charge in [0.05, 0.1) is 22.9 Å². The number of hydrogen-bond acceptors (Lipinski definition) is 8. The van der Waals surface area contributed by atoms with Gasteiger partial charge in [0.1, 0.15) is 29.7 Å². The molecule has 0 N–H and O–H groups in total. The van der Waals surface area contributed by atoms with Crippen LogP contribution in [-0.4, -0.2) is 29.3 Å². The lowest BCUT2D eigenvalue weighted by molar-refractivity contribution is 0.0445. The quantitative estimate of drug-likeness (QED) is 0.323. The van der Waals surface area contributed by atoms with E-state index in [9.17, 15) is 4.79 Å². The van der Waals surface area contributed by atoms with E-state index in [1.54, 1.807) is 42.6 Å². The van der Waals surface area contributed by atoms with Gasteiger partial charge in [-0.1, -0.05) is 16.9 Å². The first-order valence-corrected chi connectivity index (χ1v) is 9.44. The Morgan fingerprint density at radius 2 is 2.07 bits per heavy atom. The molecule has 0 aliphatic heterocycles. The van der Waals surface area contributed by atoms with Crippen LogP contribution in [-0.2, 0) is 10.5 Å². The molecule has 0 atom stereocenters. The number of ether oxygens (including phenoxy) is 2. The first-order chi connectivity index (χ1) is 13.7. The van der Waals surface area contributed by atoms with Crippen LogP contribution in [0.4, 0.5) is 0 Å². The molecule has 0 saturated heterocycles. The van der Waals surface area contributed by atoms with Crippen molar-refractivity contribution in [1.82, 2.24) is 10.1 Å². The molecule has 0 spiro atoms. The van der Waals surface area contributed by atoms with Crippen LogP contribution in [0.15, 0.2) is 58.2 Å². The maximum absolute atomic E-state index is 12.4. The third-order valence-corrected chi connectivity index (χ3v) is 4.63. The number of thioether (sulfide) groups is 1. The van der Waals surface area contributed by atoms with Crippen LogP contribution in [0.25, 0.3) is 0 Å². The van der Waals surface area contributed by atoms with Gasteiger partial charge in [0.2, 0.25) is 0 Å². The molecule has 0 aliphatic rings. The predicted molar refractivity (Wildman–Crippen MR) is 102 cm³/mol. The van der Waals surface area contributed by atoms with E-state index in [4.69, 9.17) is 19.3 Å². The lowest BCUT2D eigenvalue weighted by atomic mass is 10.2. The zero-order chi connectivity index (χ0) is 19.8. The van der Waals surface area contributed by atoms with Gasteiger partial charge in [-0.25, -0.2) is 9.78 Å². The van der Waals surface area contributed by atoms with Crippen LogP contribution in [0.3, 0.4) is 0 Å². The minimum Gasteiger partial charge on any atom is -0.490 e. The minimum atomic E-state index is -0.463. The minimum absolute atomic E-state index is 0.0975. The Balaban J connectivity index is 1.50. The molecule has 3 aromatic rings. The first-order valence-electron chi connectivity index (χ1n) is 8.46. The number of rotatable bonds is 8. The maximum Gasteiger partial charge on any atom is 0.341 e. The third kappa shape index (κ3) is 5.34. The van der Waals surface area contributed by atoms with Gasteiger partial charge in [-0.2, -0.15) is 5.26 Å². The Kier molecular flexibility index (Phi) is 6.65. The number of pyridine rings is 1. The van der Waals surface area contributed by atoms with Gasteiger partial charge in [-0.05, 0) is 43.3 Å². The molecule has 8 heteroatoms. The largest absolute Gasteiger partial charge is 0.490 e. The highest BCUT2D eigenvalue weighted by Gasteiger charge is 2.15. The zero-order valence-electron chi connectivity index (χ0n) is 15.1. The average molecular weight is 395 g/mol. The Labute approximate surface area is 166 Å². The van der Waals surface area contributed by atoms with Gasteiger partial charge in [0.15, 0.2) is 0 Å². The molecule has 0 amide bonds. The molecule has 28 heavy (non-hydrogen) atoms. The van der Waals surface area contributed by atoms with Crippen LogP contribution in [0.1, 0.15) is 27.4 Å². The number of esters is 1. The highest BCUT2D eigenvalue weighted by molar-refractivity contribution is 7.98. The van der Waals surface area contributed by atoms with Crippen LogP contribution >= 0.6 is 11.8 Å². The van der Waals surface area contributed by atoms with Crippen molar-refractivity contribution in [3.63, 3.8) is 0 Å². The van der Waals surface area contributed by atoms with Crippen molar-refractivity contribution in [2.45, 2.75) is 17.7 Å². The number of hydrogen-bond donors (Lipinski definition) is 0. The van der Waals surface area contributed by atoms with E-state index >= 15 is 0 Å². The van der Waals surface area contributed by atoms with Gasteiger partial charge in [0, 0.05) is 18.0 Å². The number of aryl methyl sites for hydroxylation is 1. The molecule has 0 fully saturated rings. The van der Waals surface area contributed by atoms with E-state index in [1.807, 2.05) is 19.1 Å². The third-order valence-electron chi connectivity index (χ3n) is 3.59. The van der Waals surface area contributed by atoms with E-state index in [0.717, 1.165) is 11.5 Å². The topological polar surface area (TPSA) is 98.2 Å². The van der Waals surface area contributed by atoms with Gasteiger partial charge in [-0.15, -0.1) is 0 Å². The van der Waals surface area contributed by atoms with Crippen molar-refractivity contribution < 1.29 is 18.8 Å². The molecule has 1 aromatic carbocycles. The highest BCUT2D eigenvalue weighted by Crippen LogP contribution is 2.24. The molecular formula is C20H17N3O4S. The van der Waals surface area contributed by atoms with Crippen molar-refractivity contribution in [3.05, 3.63) is 71.2 Å². The summed E-state index contributed by atoms with van der Waals surface area (Å²) in [7, 11) is 0. The van der Waals surface area contributed by atoms with E-state index < -0.39 is 5.97 Å². The van der Waals surface area contributed by atoms with Gasteiger partial charge >= 0.3 is 5.97 Å². The first kappa shape index (κ1) is 19.5. The molecule has 7 nitrogen and oxygen atoms in total. The second-order valence-electron chi connectivity index (χ2n) is 5.69. The zero-order valence-corrected chi connectivity index (χ0v) is 15.9. The van der Waals surface area contributed by atoms with E-state index in [1.165, 1.54) is 11.8 Å². The normalized spacial score (nSPS) is 10.3. The predicted octanol–water partition coefficient (Wildman–Crippen LogP) is 3.78. The van der Waals surface area contributed by atoms with Crippen LogP contribution in [0, 0.1) is 18.3 Å². The van der Waals surface area contributed by atoms with Gasteiger partial charge in [0.25, 0.3) is 0 Å². The standard InChI is InChI=1S/C20H17N3O4S/c1-14-11-16(23-27-14)13-28-19-18(3-2-8-22-19)20(24)26-10-9-25-17-6-4-15(12-21)5-7-17/h2-8,11H,9-10,13H2,1H3. The van der Waals surface area contributed by atoms with Crippen LogP contribution < -0.4 is 4.74 Å². The summed E-state index contributed by atoms with van der Waals surface area (Å²) < 4.78 is 15.8. The molecule has 3 rings (SSSR count).